The van der Waals surface area contributed by atoms with Gasteiger partial charge in [0.15, 0.2) is 0 Å². The molecule has 4 aliphatic carbocycles. The van der Waals surface area contributed by atoms with Crippen LogP contribution in [-0.4, -0.2) is 49.3 Å². The second-order valence-electron chi connectivity index (χ2n) is 8.22. The van der Waals surface area contributed by atoms with E-state index in [0.29, 0.717) is 4.48 Å². The van der Waals surface area contributed by atoms with Gasteiger partial charge in [0.05, 0.1) is 20.1 Å². The van der Waals surface area contributed by atoms with Crippen LogP contribution in [0.25, 0.3) is 0 Å². The third kappa shape index (κ3) is 2.08. The van der Waals surface area contributed by atoms with Crippen molar-refractivity contribution in [2.75, 3.05) is 33.2 Å². The first-order valence-electron chi connectivity index (χ1n) is 8.45. The number of likely N-dealkylation sites (N-methyl/N-ethyl adjacent to an activating group) is 1. The van der Waals surface area contributed by atoms with Gasteiger partial charge in [-0.15, -0.1) is 0 Å². The van der Waals surface area contributed by atoms with E-state index in [1.54, 1.807) is 0 Å². The van der Waals surface area contributed by atoms with Crippen molar-refractivity contribution in [3.05, 3.63) is 0 Å². The van der Waals surface area contributed by atoms with Gasteiger partial charge in [0, 0.05) is 18.6 Å². The highest BCUT2D eigenvalue weighted by Gasteiger charge is 2.53. The molecule has 0 aromatic heterocycles. The zero-order valence-electron chi connectivity index (χ0n) is 12.7. The van der Waals surface area contributed by atoms with Crippen molar-refractivity contribution in [3.8, 4) is 0 Å². The number of piperazine rings is 1. The van der Waals surface area contributed by atoms with E-state index in [0.717, 1.165) is 43.9 Å². The van der Waals surface area contributed by atoms with Gasteiger partial charge < -0.3 is 10.6 Å². The number of rotatable bonds is 1. The molecule has 1 saturated heterocycles. The minimum absolute atomic E-state index is 0.165. The largest absolute Gasteiger partial charge is 0.416 e. The van der Waals surface area contributed by atoms with Crippen molar-refractivity contribution >= 4 is 6.03 Å². The van der Waals surface area contributed by atoms with Gasteiger partial charge in [0.2, 0.25) is 0 Å². The van der Waals surface area contributed by atoms with Gasteiger partial charge in [0.1, 0.15) is 0 Å². The fourth-order valence-electron chi connectivity index (χ4n) is 5.72. The van der Waals surface area contributed by atoms with Gasteiger partial charge in [0.25, 0.3) is 0 Å². The number of urea groups is 1. The first-order chi connectivity index (χ1) is 9.57. The maximum atomic E-state index is 12.8. The second-order valence-corrected chi connectivity index (χ2v) is 8.22. The van der Waals surface area contributed by atoms with E-state index in [2.05, 4.69) is 17.7 Å². The lowest BCUT2D eigenvalue weighted by Gasteiger charge is -2.57. The Balaban J connectivity index is 1.49. The molecule has 5 fully saturated rings. The molecule has 0 aromatic rings. The molecular weight excluding hydrogens is 250 g/mol. The lowest BCUT2D eigenvalue weighted by Crippen LogP contribution is -2.68. The Morgan fingerprint density at radius 2 is 1.55 bits per heavy atom. The van der Waals surface area contributed by atoms with Crippen LogP contribution in [0.4, 0.5) is 4.79 Å². The average Bonchev–Trinajstić information content (AvgIpc) is 2.37. The monoisotopic (exact) mass is 278 g/mol. The Labute approximate surface area is 121 Å². The lowest BCUT2D eigenvalue weighted by atomic mass is 9.53. The number of carbonyl (C=O) groups excluding carboxylic acids is 1. The molecule has 4 bridgehead atoms. The predicted octanol–water partition coefficient (Wildman–Crippen LogP) is 1.71. The summed E-state index contributed by atoms with van der Waals surface area (Å²) in [7, 11) is 2.11. The number of nitrogens with one attached hydrogen (secondary N) is 2. The molecule has 0 spiro atoms. The summed E-state index contributed by atoms with van der Waals surface area (Å²) in [6.07, 6.45) is 8.07. The SMILES string of the molecule is C[N+]1(C(=O)NC23CC4CC(CC(C4)C2)C3)CCNCC1. The summed E-state index contributed by atoms with van der Waals surface area (Å²) in [4.78, 5) is 12.8. The Kier molecular flexibility index (Phi) is 2.90. The molecule has 112 valence electrons. The summed E-state index contributed by atoms with van der Waals surface area (Å²) in [6, 6.07) is 0.286. The summed E-state index contributed by atoms with van der Waals surface area (Å²) < 4.78 is 0.578. The van der Waals surface area contributed by atoms with Crippen molar-refractivity contribution in [1.29, 1.82) is 0 Å². The average molecular weight is 278 g/mol. The Hall–Kier alpha value is -0.610. The number of amides is 2. The highest BCUT2D eigenvalue weighted by Crippen LogP contribution is 2.55. The molecule has 20 heavy (non-hydrogen) atoms. The van der Waals surface area contributed by atoms with Crippen LogP contribution in [-0.2, 0) is 0 Å². The Morgan fingerprint density at radius 1 is 1.05 bits per heavy atom. The summed E-state index contributed by atoms with van der Waals surface area (Å²) in [5.41, 5.74) is 0.165. The Morgan fingerprint density at radius 3 is 2.05 bits per heavy atom. The highest BCUT2D eigenvalue weighted by atomic mass is 16.2. The quantitative estimate of drug-likeness (QED) is 0.717. The Bertz CT molecular complexity index is 379. The molecule has 1 aliphatic heterocycles. The van der Waals surface area contributed by atoms with E-state index in [1.165, 1.54) is 38.5 Å². The summed E-state index contributed by atoms with van der Waals surface area (Å²) in [6.45, 7) is 3.78. The number of hydrogen-bond acceptors (Lipinski definition) is 2. The normalized spacial score (nSPS) is 45.4. The fourth-order valence-corrected chi connectivity index (χ4v) is 5.72. The first kappa shape index (κ1) is 13.1. The van der Waals surface area contributed by atoms with Gasteiger partial charge in [-0.3, -0.25) is 0 Å². The molecule has 0 aromatic carbocycles. The summed E-state index contributed by atoms with van der Waals surface area (Å²) in [5, 5.41) is 6.90. The zero-order chi connectivity index (χ0) is 13.8. The van der Waals surface area contributed by atoms with Crippen LogP contribution >= 0.6 is 0 Å². The van der Waals surface area contributed by atoms with Crippen LogP contribution in [0.5, 0.6) is 0 Å². The van der Waals surface area contributed by atoms with Gasteiger partial charge in [-0.1, -0.05) is 0 Å². The molecule has 5 aliphatic rings. The summed E-state index contributed by atoms with van der Waals surface area (Å²) in [5.74, 6) is 2.69. The van der Waals surface area contributed by atoms with Crippen LogP contribution in [0.1, 0.15) is 38.5 Å². The molecule has 2 N–H and O–H groups in total. The van der Waals surface area contributed by atoms with Crippen LogP contribution in [0.15, 0.2) is 0 Å². The van der Waals surface area contributed by atoms with Crippen molar-refractivity contribution in [3.63, 3.8) is 0 Å². The number of nitrogens with zero attached hydrogens (tertiary/aromatic N) is 1. The maximum absolute atomic E-state index is 12.8. The van der Waals surface area contributed by atoms with E-state index in [9.17, 15) is 4.79 Å². The van der Waals surface area contributed by atoms with E-state index < -0.39 is 0 Å². The highest BCUT2D eigenvalue weighted by molar-refractivity contribution is 5.68. The van der Waals surface area contributed by atoms with Gasteiger partial charge >= 0.3 is 6.03 Å². The van der Waals surface area contributed by atoms with Crippen molar-refractivity contribution in [2.24, 2.45) is 17.8 Å². The lowest BCUT2D eigenvalue weighted by molar-refractivity contribution is -0.832. The van der Waals surface area contributed by atoms with Gasteiger partial charge in [-0.25, -0.2) is 9.28 Å². The number of hydrogen-bond donors (Lipinski definition) is 2. The molecular formula is C16H28N3O+. The number of quaternary nitrogens is 1. The molecule has 0 atom stereocenters. The van der Waals surface area contributed by atoms with Crippen LogP contribution in [0.3, 0.4) is 0 Å². The standard InChI is InChI=1S/C16H27N3O/c1-19(4-2-17-3-5-19)15(20)18-16-9-12-6-13(10-16)8-14(7-12)11-16/h12-14,17H,2-11H2,1H3/p+1. The smallest absolute Gasteiger partial charge is 0.306 e. The molecule has 4 nitrogen and oxygen atoms in total. The van der Waals surface area contributed by atoms with Crippen LogP contribution < -0.4 is 10.6 Å². The molecule has 1 heterocycles. The van der Waals surface area contributed by atoms with E-state index >= 15 is 0 Å². The van der Waals surface area contributed by atoms with Crippen LogP contribution in [0.2, 0.25) is 0 Å². The molecule has 5 rings (SSSR count). The second kappa shape index (κ2) is 4.44. The van der Waals surface area contributed by atoms with Crippen molar-refractivity contribution in [1.82, 2.24) is 10.6 Å². The molecule has 2 amide bonds. The van der Waals surface area contributed by atoms with Crippen molar-refractivity contribution < 1.29 is 9.28 Å². The first-order valence-corrected chi connectivity index (χ1v) is 8.45. The molecule has 0 radical (unpaired) electrons. The van der Waals surface area contributed by atoms with Gasteiger partial charge in [-0.2, -0.15) is 0 Å². The third-order valence-electron chi connectivity index (χ3n) is 6.46. The van der Waals surface area contributed by atoms with Crippen molar-refractivity contribution in [2.45, 2.75) is 44.1 Å². The minimum Gasteiger partial charge on any atom is -0.306 e. The van der Waals surface area contributed by atoms with E-state index in [4.69, 9.17) is 0 Å². The molecule has 0 unspecified atom stereocenters. The third-order valence-corrected chi connectivity index (χ3v) is 6.46. The predicted molar refractivity (Wildman–Crippen MR) is 78.2 cm³/mol. The van der Waals surface area contributed by atoms with Gasteiger partial charge in [-0.05, 0) is 56.3 Å². The van der Waals surface area contributed by atoms with E-state index in [-0.39, 0.29) is 11.6 Å². The zero-order valence-corrected chi connectivity index (χ0v) is 12.7. The number of carbonyl (C=O) groups is 1. The topological polar surface area (TPSA) is 41.1 Å². The maximum Gasteiger partial charge on any atom is 0.416 e. The van der Waals surface area contributed by atoms with E-state index in [1.807, 2.05) is 0 Å². The minimum atomic E-state index is 0.165. The fraction of sp³-hybridized carbons (Fsp3) is 0.938. The summed E-state index contributed by atoms with van der Waals surface area (Å²) >= 11 is 0. The molecule has 4 saturated carbocycles. The van der Waals surface area contributed by atoms with Crippen LogP contribution in [0, 0.1) is 17.8 Å². The molecule has 4 heteroatoms.